The first-order valence-corrected chi connectivity index (χ1v) is 9.39. The van der Waals surface area contributed by atoms with E-state index in [1.54, 1.807) is 36.4 Å². The Morgan fingerprint density at radius 2 is 1.78 bits per heavy atom. The lowest BCUT2D eigenvalue weighted by atomic mass is 9.97. The SMILES string of the molecule is CC[C@@H](C)c1ccccc1NS(=O)(=O)/C=C/c1ccc(Cl)cc1. The standard InChI is InChI=1S/C18H20ClNO2S/c1-3-14(2)17-6-4-5-7-18(17)20-23(21,22)13-12-15-8-10-16(19)11-9-15/h4-14,20H,3H2,1-2H3/b13-12+/t14-/m1/s1. The zero-order valence-corrected chi connectivity index (χ0v) is 14.7. The molecule has 2 rings (SSSR count). The Bertz CT molecular complexity index is 783. The van der Waals surface area contributed by atoms with Gasteiger partial charge < -0.3 is 0 Å². The summed E-state index contributed by atoms with van der Waals surface area (Å²) in [6, 6.07) is 14.5. The quantitative estimate of drug-likeness (QED) is 0.772. The molecule has 1 N–H and O–H groups in total. The molecule has 1 atom stereocenters. The van der Waals surface area contributed by atoms with E-state index in [-0.39, 0.29) is 5.92 Å². The molecule has 0 amide bonds. The molecule has 0 aromatic heterocycles. The summed E-state index contributed by atoms with van der Waals surface area (Å²) in [5.41, 5.74) is 2.40. The van der Waals surface area contributed by atoms with E-state index in [4.69, 9.17) is 11.6 Å². The van der Waals surface area contributed by atoms with Gasteiger partial charge in [0, 0.05) is 5.02 Å². The summed E-state index contributed by atoms with van der Waals surface area (Å²) in [7, 11) is -3.57. The Morgan fingerprint density at radius 3 is 2.43 bits per heavy atom. The molecule has 0 saturated carbocycles. The van der Waals surface area contributed by atoms with Crippen LogP contribution in [0.5, 0.6) is 0 Å². The normalized spacial score (nSPS) is 13.2. The number of sulfonamides is 1. The number of nitrogens with one attached hydrogen (secondary N) is 1. The van der Waals surface area contributed by atoms with Crippen LogP contribution in [0.1, 0.15) is 37.3 Å². The molecule has 0 bridgehead atoms. The minimum Gasteiger partial charge on any atom is -0.280 e. The van der Waals surface area contributed by atoms with Gasteiger partial charge >= 0.3 is 0 Å². The average molecular weight is 350 g/mol. The predicted octanol–water partition coefficient (Wildman–Crippen LogP) is 5.27. The maximum absolute atomic E-state index is 12.3. The maximum atomic E-state index is 12.3. The van der Waals surface area contributed by atoms with E-state index >= 15 is 0 Å². The zero-order valence-electron chi connectivity index (χ0n) is 13.2. The van der Waals surface area contributed by atoms with Crippen LogP contribution in [0.3, 0.4) is 0 Å². The molecular weight excluding hydrogens is 330 g/mol. The van der Waals surface area contributed by atoms with E-state index in [0.717, 1.165) is 17.5 Å². The lowest BCUT2D eigenvalue weighted by Crippen LogP contribution is -2.11. The van der Waals surface area contributed by atoms with Crippen LogP contribution in [0.2, 0.25) is 5.02 Å². The van der Waals surface area contributed by atoms with E-state index in [0.29, 0.717) is 10.7 Å². The fourth-order valence-electron chi connectivity index (χ4n) is 2.17. The second-order valence-electron chi connectivity index (χ2n) is 5.40. The monoisotopic (exact) mass is 349 g/mol. The molecule has 2 aromatic rings. The summed E-state index contributed by atoms with van der Waals surface area (Å²) in [4.78, 5) is 0. The number of halogens is 1. The van der Waals surface area contributed by atoms with Crippen LogP contribution in [0.15, 0.2) is 53.9 Å². The molecule has 0 heterocycles. The highest BCUT2D eigenvalue weighted by atomic mass is 35.5. The predicted molar refractivity (Wildman–Crippen MR) is 98.2 cm³/mol. The van der Waals surface area contributed by atoms with Gasteiger partial charge in [-0.2, -0.15) is 0 Å². The van der Waals surface area contributed by atoms with Crippen molar-refractivity contribution in [2.24, 2.45) is 0 Å². The van der Waals surface area contributed by atoms with Crippen LogP contribution in [0.25, 0.3) is 6.08 Å². The maximum Gasteiger partial charge on any atom is 0.255 e. The zero-order chi connectivity index (χ0) is 16.9. The van der Waals surface area contributed by atoms with E-state index < -0.39 is 10.0 Å². The van der Waals surface area contributed by atoms with Gasteiger partial charge in [-0.1, -0.05) is 55.8 Å². The largest absolute Gasteiger partial charge is 0.280 e. The van der Waals surface area contributed by atoms with E-state index in [9.17, 15) is 8.42 Å². The van der Waals surface area contributed by atoms with Gasteiger partial charge in [-0.15, -0.1) is 0 Å². The Labute approximate surface area is 143 Å². The summed E-state index contributed by atoms with van der Waals surface area (Å²) in [6.45, 7) is 4.16. The lowest BCUT2D eigenvalue weighted by Gasteiger charge is -2.15. The number of rotatable bonds is 6. The van der Waals surface area contributed by atoms with Gasteiger partial charge in [0.1, 0.15) is 0 Å². The van der Waals surface area contributed by atoms with E-state index in [1.165, 1.54) is 5.41 Å². The highest BCUT2D eigenvalue weighted by molar-refractivity contribution is 7.95. The van der Waals surface area contributed by atoms with Crippen molar-refractivity contribution >= 4 is 33.4 Å². The molecule has 0 spiro atoms. The van der Waals surface area contributed by atoms with Crippen molar-refractivity contribution in [1.29, 1.82) is 0 Å². The molecule has 122 valence electrons. The van der Waals surface area contributed by atoms with Gasteiger partial charge in [-0.3, -0.25) is 4.72 Å². The molecule has 3 nitrogen and oxygen atoms in total. The number of hydrogen-bond donors (Lipinski definition) is 1. The Hall–Kier alpha value is -1.78. The minimum atomic E-state index is -3.57. The molecule has 0 unspecified atom stereocenters. The van der Waals surface area contributed by atoms with E-state index in [2.05, 4.69) is 18.6 Å². The Balaban J connectivity index is 2.20. The first-order valence-electron chi connectivity index (χ1n) is 7.46. The summed E-state index contributed by atoms with van der Waals surface area (Å²) in [5, 5.41) is 1.79. The first kappa shape index (κ1) is 17.6. The van der Waals surface area contributed by atoms with Gasteiger partial charge in [-0.25, -0.2) is 8.42 Å². The molecule has 0 radical (unpaired) electrons. The Morgan fingerprint density at radius 1 is 1.13 bits per heavy atom. The number of para-hydroxylation sites is 1. The van der Waals surface area contributed by atoms with Crippen molar-refractivity contribution in [1.82, 2.24) is 0 Å². The third kappa shape index (κ3) is 5.12. The van der Waals surface area contributed by atoms with Crippen LogP contribution in [0, 0.1) is 0 Å². The first-order chi connectivity index (χ1) is 10.9. The lowest BCUT2D eigenvalue weighted by molar-refractivity contribution is 0.609. The Kier molecular flexibility index (Phi) is 5.85. The van der Waals surface area contributed by atoms with Crippen molar-refractivity contribution < 1.29 is 8.42 Å². The van der Waals surface area contributed by atoms with Crippen molar-refractivity contribution in [3.63, 3.8) is 0 Å². The van der Waals surface area contributed by atoms with Gasteiger partial charge in [0.15, 0.2) is 0 Å². The second kappa shape index (κ2) is 7.66. The molecular formula is C18H20ClNO2S. The summed E-state index contributed by atoms with van der Waals surface area (Å²) in [5.74, 6) is 0.286. The average Bonchev–Trinajstić information content (AvgIpc) is 2.54. The van der Waals surface area contributed by atoms with Crippen molar-refractivity contribution in [2.75, 3.05) is 4.72 Å². The van der Waals surface area contributed by atoms with Gasteiger partial charge in [0.2, 0.25) is 0 Å². The number of anilines is 1. The molecule has 0 aliphatic rings. The summed E-state index contributed by atoms with van der Waals surface area (Å²) >= 11 is 5.82. The number of benzene rings is 2. The summed E-state index contributed by atoms with van der Waals surface area (Å²) in [6.07, 6.45) is 2.49. The van der Waals surface area contributed by atoms with Crippen LogP contribution in [-0.4, -0.2) is 8.42 Å². The number of hydrogen-bond acceptors (Lipinski definition) is 2. The molecule has 5 heteroatoms. The molecule has 23 heavy (non-hydrogen) atoms. The van der Waals surface area contributed by atoms with Crippen molar-refractivity contribution in [3.8, 4) is 0 Å². The molecule has 0 fully saturated rings. The van der Waals surface area contributed by atoms with Crippen LogP contribution in [-0.2, 0) is 10.0 Å². The van der Waals surface area contributed by atoms with Gasteiger partial charge in [0.25, 0.3) is 10.0 Å². The van der Waals surface area contributed by atoms with Crippen LogP contribution in [0.4, 0.5) is 5.69 Å². The minimum absolute atomic E-state index is 0.286. The summed E-state index contributed by atoms with van der Waals surface area (Å²) < 4.78 is 27.2. The highest BCUT2D eigenvalue weighted by Crippen LogP contribution is 2.27. The van der Waals surface area contributed by atoms with E-state index in [1.807, 2.05) is 18.2 Å². The smallest absolute Gasteiger partial charge is 0.255 e. The van der Waals surface area contributed by atoms with Crippen LogP contribution < -0.4 is 4.72 Å². The molecule has 2 aromatic carbocycles. The van der Waals surface area contributed by atoms with Gasteiger partial charge in [0.05, 0.1) is 11.1 Å². The fraction of sp³-hybridized carbons (Fsp3) is 0.222. The third-order valence-electron chi connectivity index (χ3n) is 3.67. The van der Waals surface area contributed by atoms with Gasteiger partial charge in [-0.05, 0) is 47.7 Å². The molecule has 0 aliphatic carbocycles. The fourth-order valence-corrected chi connectivity index (χ4v) is 3.19. The van der Waals surface area contributed by atoms with Crippen molar-refractivity contribution in [3.05, 3.63) is 70.1 Å². The topological polar surface area (TPSA) is 46.2 Å². The highest BCUT2D eigenvalue weighted by Gasteiger charge is 2.12. The molecule has 0 saturated heterocycles. The molecule has 0 aliphatic heterocycles. The third-order valence-corrected chi connectivity index (χ3v) is 4.92. The van der Waals surface area contributed by atoms with Crippen LogP contribution >= 0.6 is 11.6 Å². The second-order valence-corrected chi connectivity index (χ2v) is 7.40. The van der Waals surface area contributed by atoms with Crippen molar-refractivity contribution in [2.45, 2.75) is 26.2 Å².